The van der Waals surface area contributed by atoms with Gasteiger partial charge in [-0.1, -0.05) is 44.0 Å². The van der Waals surface area contributed by atoms with Crippen molar-refractivity contribution in [3.63, 3.8) is 0 Å². The van der Waals surface area contributed by atoms with Crippen molar-refractivity contribution in [2.45, 2.75) is 13.5 Å². The summed E-state index contributed by atoms with van der Waals surface area (Å²) in [5.74, 6) is -0.335. The lowest BCUT2D eigenvalue weighted by atomic mass is 10.1. The van der Waals surface area contributed by atoms with Crippen LogP contribution in [0.25, 0.3) is 0 Å². The highest BCUT2D eigenvalue weighted by atomic mass is 79.9. The van der Waals surface area contributed by atoms with E-state index >= 15 is 0 Å². The normalized spacial score (nSPS) is 10.3. The Balaban J connectivity index is 2.09. The van der Waals surface area contributed by atoms with Gasteiger partial charge in [-0.05, 0) is 42.3 Å². The van der Waals surface area contributed by atoms with Crippen LogP contribution in [0.1, 0.15) is 21.5 Å². The number of carbonyl (C=O) groups is 1. The van der Waals surface area contributed by atoms with E-state index in [9.17, 15) is 4.79 Å². The zero-order valence-corrected chi connectivity index (χ0v) is 14.9. The molecule has 0 atom stereocenters. The number of halogens is 2. The van der Waals surface area contributed by atoms with Gasteiger partial charge < -0.3 is 10.1 Å². The summed E-state index contributed by atoms with van der Waals surface area (Å²) in [6.45, 7) is 2.72. The molecule has 0 aliphatic heterocycles. The Kier molecular flexibility index (Phi) is 5.42. The second kappa shape index (κ2) is 7.09. The van der Waals surface area contributed by atoms with E-state index in [4.69, 9.17) is 4.74 Å². The predicted octanol–water partition coefficient (Wildman–Crippen LogP) is 4.92. The molecule has 2 aromatic carbocycles. The van der Waals surface area contributed by atoms with Gasteiger partial charge in [-0.2, -0.15) is 0 Å². The molecule has 0 aliphatic rings. The van der Waals surface area contributed by atoms with Gasteiger partial charge in [0, 0.05) is 21.2 Å². The van der Waals surface area contributed by atoms with Crippen LogP contribution in [0.15, 0.2) is 45.3 Å². The first-order valence-electron chi connectivity index (χ1n) is 6.38. The Morgan fingerprint density at radius 3 is 2.52 bits per heavy atom. The van der Waals surface area contributed by atoms with Gasteiger partial charge in [0.1, 0.15) is 0 Å². The van der Waals surface area contributed by atoms with Crippen LogP contribution in [0.2, 0.25) is 0 Å². The Morgan fingerprint density at radius 1 is 1.14 bits per heavy atom. The highest BCUT2D eigenvalue weighted by Gasteiger charge is 2.08. The fourth-order valence-electron chi connectivity index (χ4n) is 1.84. The zero-order valence-electron chi connectivity index (χ0n) is 11.7. The molecule has 0 fully saturated rings. The van der Waals surface area contributed by atoms with Crippen molar-refractivity contribution in [1.82, 2.24) is 0 Å². The van der Waals surface area contributed by atoms with Crippen molar-refractivity contribution in [3.05, 3.63) is 62.0 Å². The fraction of sp³-hybridized carbons (Fsp3) is 0.188. The largest absolute Gasteiger partial charge is 0.465 e. The first-order chi connectivity index (χ1) is 10.0. The highest BCUT2D eigenvalue weighted by Crippen LogP contribution is 2.23. The molecule has 0 unspecified atom stereocenters. The molecule has 0 spiro atoms. The number of anilines is 1. The van der Waals surface area contributed by atoms with Gasteiger partial charge in [0.05, 0.1) is 12.7 Å². The Labute approximate surface area is 141 Å². The van der Waals surface area contributed by atoms with E-state index < -0.39 is 0 Å². The number of esters is 1. The third-order valence-corrected chi connectivity index (χ3v) is 4.72. The summed E-state index contributed by atoms with van der Waals surface area (Å²) in [5, 5.41) is 3.36. The van der Waals surface area contributed by atoms with Crippen LogP contribution in [0, 0.1) is 6.92 Å². The van der Waals surface area contributed by atoms with Crippen molar-refractivity contribution < 1.29 is 9.53 Å². The second-order valence-electron chi connectivity index (χ2n) is 4.62. The van der Waals surface area contributed by atoms with Crippen molar-refractivity contribution in [1.29, 1.82) is 0 Å². The monoisotopic (exact) mass is 411 g/mol. The molecule has 5 heteroatoms. The number of carbonyl (C=O) groups excluding carboxylic acids is 1. The SMILES string of the molecule is COC(=O)c1ccc(CNc2ccc(C)c(Br)c2)c(Br)c1. The Morgan fingerprint density at radius 2 is 1.90 bits per heavy atom. The van der Waals surface area contributed by atoms with Crippen molar-refractivity contribution >= 4 is 43.5 Å². The summed E-state index contributed by atoms with van der Waals surface area (Å²) in [6.07, 6.45) is 0. The molecule has 21 heavy (non-hydrogen) atoms. The number of aryl methyl sites for hydroxylation is 1. The number of hydrogen-bond donors (Lipinski definition) is 1. The summed E-state index contributed by atoms with van der Waals surface area (Å²) in [6, 6.07) is 11.6. The average Bonchev–Trinajstić information content (AvgIpc) is 2.48. The molecule has 110 valence electrons. The molecule has 0 saturated heterocycles. The van der Waals surface area contributed by atoms with Crippen LogP contribution in [0.3, 0.4) is 0 Å². The molecular weight excluding hydrogens is 398 g/mol. The van der Waals surface area contributed by atoms with Crippen LogP contribution >= 0.6 is 31.9 Å². The van der Waals surface area contributed by atoms with E-state index in [1.165, 1.54) is 12.7 Å². The number of rotatable bonds is 4. The summed E-state index contributed by atoms with van der Waals surface area (Å²) in [5.41, 5.74) is 3.84. The lowest BCUT2D eigenvalue weighted by molar-refractivity contribution is 0.0600. The maximum atomic E-state index is 11.5. The van der Waals surface area contributed by atoms with Crippen LogP contribution in [-0.4, -0.2) is 13.1 Å². The zero-order chi connectivity index (χ0) is 15.4. The van der Waals surface area contributed by atoms with E-state index in [-0.39, 0.29) is 5.97 Å². The molecule has 0 amide bonds. The van der Waals surface area contributed by atoms with Gasteiger partial charge in [-0.3, -0.25) is 0 Å². The number of nitrogens with one attached hydrogen (secondary N) is 1. The van der Waals surface area contributed by atoms with Crippen molar-refractivity contribution in [2.75, 3.05) is 12.4 Å². The van der Waals surface area contributed by atoms with Crippen LogP contribution in [0.4, 0.5) is 5.69 Å². The molecule has 3 nitrogen and oxygen atoms in total. The third kappa shape index (κ3) is 4.08. The maximum Gasteiger partial charge on any atom is 0.337 e. The van der Waals surface area contributed by atoms with Crippen LogP contribution in [-0.2, 0) is 11.3 Å². The fourth-order valence-corrected chi connectivity index (χ4v) is 2.73. The minimum absolute atomic E-state index is 0.335. The first-order valence-corrected chi connectivity index (χ1v) is 7.96. The molecule has 0 aromatic heterocycles. The quantitative estimate of drug-likeness (QED) is 0.724. The summed E-state index contributed by atoms with van der Waals surface area (Å²) < 4.78 is 6.66. The lowest BCUT2D eigenvalue weighted by Gasteiger charge is -2.10. The number of hydrogen-bond acceptors (Lipinski definition) is 3. The van der Waals surface area contributed by atoms with Gasteiger partial charge in [0.25, 0.3) is 0 Å². The third-order valence-electron chi connectivity index (χ3n) is 3.13. The predicted molar refractivity (Wildman–Crippen MR) is 91.7 cm³/mol. The van der Waals surface area contributed by atoms with E-state index in [0.29, 0.717) is 12.1 Å². The molecule has 1 N–H and O–H groups in total. The van der Waals surface area contributed by atoms with Gasteiger partial charge in [0.15, 0.2) is 0 Å². The van der Waals surface area contributed by atoms with E-state index in [2.05, 4.69) is 50.2 Å². The van der Waals surface area contributed by atoms with Gasteiger partial charge in [-0.25, -0.2) is 4.79 Å². The number of benzene rings is 2. The van der Waals surface area contributed by atoms with E-state index in [0.717, 1.165) is 20.2 Å². The smallest absolute Gasteiger partial charge is 0.337 e. The summed E-state index contributed by atoms with van der Waals surface area (Å²) in [7, 11) is 1.38. The molecule has 2 aromatic rings. The number of ether oxygens (including phenoxy) is 1. The van der Waals surface area contributed by atoms with Gasteiger partial charge >= 0.3 is 5.97 Å². The summed E-state index contributed by atoms with van der Waals surface area (Å²) in [4.78, 5) is 11.5. The van der Waals surface area contributed by atoms with Crippen molar-refractivity contribution in [3.8, 4) is 0 Å². The number of methoxy groups -OCH3 is 1. The standard InChI is InChI=1S/C16H15Br2NO2/c1-10-3-6-13(8-14(10)17)19-9-12-5-4-11(7-15(12)18)16(20)21-2/h3-8,19H,9H2,1-2H3. The Hall–Kier alpha value is -1.33. The van der Waals surface area contributed by atoms with E-state index in [1.807, 2.05) is 18.2 Å². The van der Waals surface area contributed by atoms with Crippen LogP contribution < -0.4 is 5.32 Å². The highest BCUT2D eigenvalue weighted by molar-refractivity contribution is 9.10. The molecule has 2 rings (SSSR count). The lowest BCUT2D eigenvalue weighted by Crippen LogP contribution is -2.04. The topological polar surface area (TPSA) is 38.3 Å². The molecule has 0 radical (unpaired) electrons. The molecule has 0 bridgehead atoms. The maximum absolute atomic E-state index is 11.5. The van der Waals surface area contributed by atoms with Gasteiger partial charge in [0.2, 0.25) is 0 Å². The van der Waals surface area contributed by atoms with Crippen molar-refractivity contribution in [2.24, 2.45) is 0 Å². The summed E-state index contributed by atoms with van der Waals surface area (Å²) >= 11 is 7.01. The van der Waals surface area contributed by atoms with E-state index in [1.54, 1.807) is 12.1 Å². The van der Waals surface area contributed by atoms with Gasteiger partial charge in [-0.15, -0.1) is 0 Å². The molecule has 0 heterocycles. The first kappa shape index (κ1) is 16.0. The Bertz CT molecular complexity index is 671. The second-order valence-corrected chi connectivity index (χ2v) is 6.32. The molecule has 0 saturated carbocycles. The van der Waals surface area contributed by atoms with Crippen LogP contribution in [0.5, 0.6) is 0 Å². The molecular formula is C16H15Br2NO2. The molecule has 0 aliphatic carbocycles. The average molecular weight is 413 g/mol. The minimum atomic E-state index is -0.335. The minimum Gasteiger partial charge on any atom is -0.465 e.